The van der Waals surface area contributed by atoms with Crippen LogP contribution in [0, 0.1) is 17.7 Å². The average molecular weight is 571 g/mol. The van der Waals surface area contributed by atoms with E-state index in [0.717, 1.165) is 38.5 Å². The molecule has 2 saturated heterocycles. The van der Waals surface area contributed by atoms with Gasteiger partial charge in [-0.3, -0.25) is 14.4 Å². The van der Waals surface area contributed by atoms with Crippen LogP contribution in [-0.2, 0) is 9.53 Å². The maximum atomic E-state index is 13.7. The Morgan fingerprint density at radius 1 is 1.07 bits per heavy atom. The van der Waals surface area contributed by atoms with E-state index in [-0.39, 0.29) is 36.4 Å². The summed E-state index contributed by atoms with van der Waals surface area (Å²) in [5.74, 6) is -0.255. The molecule has 3 N–H and O–H groups in total. The summed E-state index contributed by atoms with van der Waals surface area (Å²) in [6.07, 6.45) is 6.35. The van der Waals surface area contributed by atoms with Crippen LogP contribution in [0.5, 0.6) is 0 Å². The molecule has 8 nitrogen and oxygen atoms in total. The molecule has 0 bridgehead atoms. The number of nitrogens with two attached hydrogens (primary N) is 1. The molecule has 2 aliphatic heterocycles. The second kappa shape index (κ2) is 13.2. The van der Waals surface area contributed by atoms with Crippen LogP contribution in [0.2, 0.25) is 0 Å². The van der Waals surface area contributed by atoms with E-state index < -0.39 is 11.9 Å². The third-order valence-corrected chi connectivity index (χ3v) is 9.44. The smallest absolute Gasteiger partial charge is 0.264 e. The summed E-state index contributed by atoms with van der Waals surface area (Å²) in [6, 6.07) is 7.93. The van der Waals surface area contributed by atoms with Crippen LogP contribution in [0.15, 0.2) is 41.8 Å². The van der Waals surface area contributed by atoms with Gasteiger partial charge in [0.25, 0.3) is 11.8 Å². The van der Waals surface area contributed by atoms with Crippen molar-refractivity contribution in [2.24, 2.45) is 17.6 Å². The first kappa shape index (κ1) is 28.7. The SMILES string of the molecule is NCC1CCCC(CNC(=O)C2CC(N(CC3CCCO3)C(=O)c3cccs3)CN2C(=O)c2ccc(F)cc2)C1. The largest absolute Gasteiger partial charge is 0.376 e. The van der Waals surface area contributed by atoms with Gasteiger partial charge in [0.05, 0.1) is 17.0 Å². The van der Waals surface area contributed by atoms with Crippen molar-refractivity contribution >= 4 is 29.1 Å². The van der Waals surface area contributed by atoms with Gasteiger partial charge in [0.1, 0.15) is 11.9 Å². The number of nitrogens with one attached hydrogen (secondary N) is 1. The van der Waals surface area contributed by atoms with Gasteiger partial charge in [0, 0.05) is 31.8 Å². The van der Waals surface area contributed by atoms with Crippen LogP contribution in [0.1, 0.15) is 65.0 Å². The number of carbonyl (C=O) groups excluding carboxylic acids is 3. The first-order chi connectivity index (χ1) is 19.4. The first-order valence-corrected chi connectivity index (χ1v) is 15.3. The third-order valence-electron chi connectivity index (χ3n) is 8.58. The van der Waals surface area contributed by atoms with Gasteiger partial charge in [0.15, 0.2) is 0 Å². The Balaban J connectivity index is 1.36. The minimum absolute atomic E-state index is 0.0696. The van der Waals surface area contributed by atoms with Gasteiger partial charge in [-0.05, 0) is 92.6 Å². The molecule has 3 aliphatic rings. The second-order valence-electron chi connectivity index (χ2n) is 11.3. The van der Waals surface area contributed by atoms with Crippen LogP contribution < -0.4 is 11.1 Å². The molecule has 1 aromatic carbocycles. The van der Waals surface area contributed by atoms with Crippen molar-refractivity contribution in [2.45, 2.75) is 63.1 Å². The maximum absolute atomic E-state index is 13.7. The van der Waals surface area contributed by atoms with E-state index in [1.54, 1.807) is 15.9 Å². The van der Waals surface area contributed by atoms with Crippen LogP contribution in [-0.4, -0.2) is 78.5 Å². The molecule has 1 saturated carbocycles. The Morgan fingerprint density at radius 2 is 1.88 bits per heavy atom. The molecule has 3 fully saturated rings. The minimum atomic E-state index is -0.736. The fourth-order valence-electron chi connectivity index (χ4n) is 6.38. The van der Waals surface area contributed by atoms with Crippen molar-refractivity contribution in [3.8, 4) is 0 Å². The number of nitrogens with zero attached hydrogens (tertiary/aromatic N) is 2. The molecule has 1 aliphatic carbocycles. The van der Waals surface area contributed by atoms with Crippen molar-refractivity contribution in [3.05, 3.63) is 58.0 Å². The molecule has 5 atom stereocenters. The van der Waals surface area contributed by atoms with E-state index in [1.165, 1.54) is 35.6 Å². The van der Waals surface area contributed by atoms with Crippen LogP contribution in [0.25, 0.3) is 0 Å². The Labute approximate surface area is 239 Å². The van der Waals surface area contributed by atoms with Crippen LogP contribution in [0.3, 0.4) is 0 Å². The highest BCUT2D eigenvalue weighted by Gasteiger charge is 2.44. The molecule has 3 amide bonds. The molecule has 3 heterocycles. The molecule has 216 valence electrons. The molecule has 0 radical (unpaired) electrons. The van der Waals surface area contributed by atoms with Crippen molar-refractivity contribution < 1.29 is 23.5 Å². The molecule has 0 spiro atoms. The fourth-order valence-corrected chi connectivity index (χ4v) is 7.06. The predicted octanol–water partition coefficient (Wildman–Crippen LogP) is 3.67. The Bertz CT molecular complexity index is 1150. The quantitative estimate of drug-likeness (QED) is 0.479. The standard InChI is InChI=1S/C30H39FN4O4S/c31-23-10-8-22(9-11-23)29(37)35-18-24(15-26(35)28(36)33-17-21-5-1-4-20(14-21)16-32)34(19-25-6-2-12-39-25)30(38)27-7-3-13-40-27/h3,7-11,13,20-21,24-26H,1-2,4-6,12,14-19,32H2,(H,33,36). The summed E-state index contributed by atoms with van der Waals surface area (Å²) in [7, 11) is 0. The van der Waals surface area contributed by atoms with Gasteiger partial charge >= 0.3 is 0 Å². The number of benzene rings is 1. The molecule has 2 aromatic rings. The van der Waals surface area contributed by atoms with E-state index in [0.29, 0.717) is 54.9 Å². The zero-order valence-corrected chi connectivity index (χ0v) is 23.6. The molecule has 5 rings (SSSR count). The average Bonchev–Trinajstić information content (AvgIpc) is 3.77. The normalized spacial score (nSPS) is 26.6. The van der Waals surface area contributed by atoms with Crippen molar-refractivity contribution in [3.63, 3.8) is 0 Å². The zero-order chi connectivity index (χ0) is 28.1. The highest BCUT2D eigenvalue weighted by molar-refractivity contribution is 7.12. The van der Waals surface area contributed by atoms with Crippen LogP contribution in [0.4, 0.5) is 4.39 Å². The summed E-state index contributed by atoms with van der Waals surface area (Å²) in [5, 5.41) is 4.98. The number of hydrogen-bond acceptors (Lipinski definition) is 6. The monoisotopic (exact) mass is 570 g/mol. The summed E-state index contributed by atoms with van der Waals surface area (Å²) < 4.78 is 19.5. The number of likely N-dealkylation sites (tertiary alicyclic amines) is 1. The van der Waals surface area contributed by atoms with E-state index >= 15 is 0 Å². The molecule has 10 heteroatoms. The van der Waals surface area contributed by atoms with Crippen molar-refractivity contribution in [1.29, 1.82) is 0 Å². The zero-order valence-electron chi connectivity index (χ0n) is 22.8. The lowest BCUT2D eigenvalue weighted by atomic mass is 9.81. The summed E-state index contributed by atoms with van der Waals surface area (Å²) in [4.78, 5) is 44.9. The van der Waals surface area contributed by atoms with E-state index in [4.69, 9.17) is 10.5 Å². The highest BCUT2D eigenvalue weighted by atomic mass is 32.1. The Hall–Kier alpha value is -2.82. The van der Waals surface area contributed by atoms with Crippen LogP contribution >= 0.6 is 11.3 Å². The number of thiophene rings is 1. The van der Waals surface area contributed by atoms with Crippen molar-refractivity contribution in [2.75, 3.05) is 32.8 Å². The van der Waals surface area contributed by atoms with Gasteiger partial charge in [-0.1, -0.05) is 12.5 Å². The minimum Gasteiger partial charge on any atom is -0.376 e. The summed E-state index contributed by atoms with van der Waals surface area (Å²) in [5.41, 5.74) is 6.22. The number of halogens is 1. The number of ether oxygens (including phenoxy) is 1. The molecular formula is C30H39FN4O4S. The van der Waals surface area contributed by atoms with Crippen molar-refractivity contribution in [1.82, 2.24) is 15.1 Å². The maximum Gasteiger partial charge on any atom is 0.264 e. The number of rotatable bonds is 9. The van der Waals surface area contributed by atoms with Gasteiger partial charge in [-0.25, -0.2) is 4.39 Å². The van der Waals surface area contributed by atoms with E-state index in [1.807, 2.05) is 11.4 Å². The first-order valence-electron chi connectivity index (χ1n) is 14.4. The number of hydrogen-bond donors (Lipinski definition) is 2. The van der Waals surface area contributed by atoms with Gasteiger partial charge in [-0.15, -0.1) is 11.3 Å². The molecule has 5 unspecified atom stereocenters. The molecule has 40 heavy (non-hydrogen) atoms. The lowest BCUT2D eigenvalue weighted by molar-refractivity contribution is -0.125. The highest BCUT2D eigenvalue weighted by Crippen LogP contribution is 2.30. The second-order valence-corrected chi connectivity index (χ2v) is 12.3. The number of carbonyl (C=O) groups is 3. The summed E-state index contributed by atoms with van der Waals surface area (Å²) in [6.45, 7) is 2.51. The topological polar surface area (TPSA) is 105 Å². The lowest BCUT2D eigenvalue weighted by Crippen LogP contribution is -2.47. The molecule has 1 aromatic heterocycles. The van der Waals surface area contributed by atoms with E-state index in [9.17, 15) is 18.8 Å². The third kappa shape index (κ3) is 6.72. The van der Waals surface area contributed by atoms with Gasteiger partial charge in [0.2, 0.25) is 5.91 Å². The number of amides is 3. The fraction of sp³-hybridized carbons (Fsp3) is 0.567. The predicted molar refractivity (Wildman–Crippen MR) is 151 cm³/mol. The Kier molecular flexibility index (Phi) is 9.49. The Morgan fingerprint density at radius 3 is 2.58 bits per heavy atom. The van der Waals surface area contributed by atoms with E-state index in [2.05, 4.69) is 5.32 Å². The summed E-state index contributed by atoms with van der Waals surface area (Å²) >= 11 is 1.38. The molecular weight excluding hydrogens is 531 g/mol. The van der Waals surface area contributed by atoms with Gasteiger partial charge < -0.3 is 25.6 Å². The van der Waals surface area contributed by atoms with Gasteiger partial charge in [-0.2, -0.15) is 0 Å². The lowest BCUT2D eigenvalue weighted by Gasteiger charge is -2.30.